The van der Waals surface area contributed by atoms with Crippen LogP contribution < -0.4 is 5.73 Å². The predicted octanol–water partition coefficient (Wildman–Crippen LogP) is 2.44. The van der Waals surface area contributed by atoms with Crippen molar-refractivity contribution in [3.8, 4) is 0 Å². The van der Waals surface area contributed by atoms with Crippen LogP contribution in [0.3, 0.4) is 0 Å². The highest BCUT2D eigenvalue weighted by Gasteiger charge is 2.21. The molecule has 0 radical (unpaired) electrons. The summed E-state index contributed by atoms with van der Waals surface area (Å²) in [4.78, 5) is 22.6. The van der Waals surface area contributed by atoms with Gasteiger partial charge >= 0.3 is 0 Å². The van der Waals surface area contributed by atoms with E-state index in [9.17, 15) is 4.79 Å². The predicted molar refractivity (Wildman–Crippen MR) is 77.0 cm³/mol. The maximum Gasteiger partial charge on any atom is 0.274 e. The van der Waals surface area contributed by atoms with Crippen LogP contribution >= 0.6 is 0 Å². The second-order valence-corrected chi connectivity index (χ2v) is 5.24. The first-order valence-corrected chi connectivity index (χ1v) is 6.78. The number of carbonyl (C=O) groups is 1. The highest BCUT2D eigenvalue weighted by atomic mass is 16.2. The van der Waals surface area contributed by atoms with Crippen molar-refractivity contribution in [2.75, 3.05) is 12.8 Å². The number of nitrogens with two attached hydrogens (primary N) is 1. The van der Waals surface area contributed by atoms with Gasteiger partial charge in [0.15, 0.2) is 5.69 Å². The van der Waals surface area contributed by atoms with Crippen LogP contribution in [0.1, 0.15) is 62.8 Å². The molecular weight excluding hydrogens is 240 g/mol. The van der Waals surface area contributed by atoms with Gasteiger partial charge in [0, 0.05) is 19.0 Å². The Morgan fingerprint density at radius 3 is 2.58 bits per heavy atom. The molecule has 106 valence electrons. The zero-order valence-electron chi connectivity index (χ0n) is 12.5. The molecule has 5 nitrogen and oxygen atoms in total. The number of hydrogen-bond donors (Lipinski definition) is 1. The molecule has 0 spiro atoms. The van der Waals surface area contributed by atoms with Gasteiger partial charge in [0.05, 0.1) is 11.9 Å². The molecule has 1 heterocycles. The van der Waals surface area contributed by atoms with Crippen molar-refractivity contribution in [1.82, 2.24) is 14.9 Å². The number of nitrogen functional groups attached to an aromatic ring is 1. The molecular formula is C14H24N4O. The molecule has 2 N–H and O–H groups in total. The summed E-state index contributed by atoms with van der Waals surface area (Å²) < 4.78 is 0. The minimum Gasteiger partial charge on any atom is -0.396 e. The molecule has 0 aromatic carbocycles. The Hall–Kier alpha value is -1.65. The second kappa shape index (κ2) is 6.50. The molecule has 19 heavy (non-hydrogen) atoms. The van der Waals surface area contributed by atoms with E-state index in [1.165, 1.54) is 6.20 Å². The number of nitrogens with zero attached hydrogens (tertiary/aromatic N) is 3. The Balaban J connectivity index is 3.01. The van der Waals surface area contributed by atoms with E-state index in [-0.39, 0.29) is 17.9 Å². The van der Waals surface area contributed by atoms with Gasteiger partial charge in [-0.05, 0) is 13.3 Å². The molecule has 0 bridgehead atoms. The topological polar surface area (TPSA) is 72.1 Å². The van der Waals surface area contributed by atoms with Gasteiger partial charge in [-0.15, -0.1) is 0 Å². The summed E-state index contributed by atoms with van der Waals surface area (Å²) in [6.07, 6.45) is 3.52. The number of hydrogen-bond acceptors (Lipinski definition) is 4. The van der Waals surface area contributed by atoms with Crippen LogP contribution in [0.4, 0.5) is 5.69 Å². The van der Waals surface area contributed by atoms with Crippen LogP contribution in [-0.4, -0.2) is 33.9 Å². The van der Waals surface area contributed by atoms with Gasteiger partial charge in [-0.25, -0.2) is 9.97 Å². The zero-order chi connectivity index (χ0) is 14.6. The first kappa shape index (κ1) is 15.4. The van der Waals surface area contributed by atoms with Gasteiger partial charge in [-0.3, -0.25) is 4.79 Å². The molecule has 0 saturated heterocycles. The van der Waals surface area contributed by atoms with Crippen molar-refractivity contribution in [2.24, 2.45) is 0 Å². The lowest BCUT2D eigenvalue weighted by molar-refractivity contribution is 0.0731. The number of carbonyl (C=O) groups excluding carboxylic acids is 1. The van der Waals surface area contributed by atoms with E-state index in [0.29, 0.717) is 17.2 Å². The van der Waals surface area contributed by atoms with E-state index in [0.717, 1.165) is 12.8 Å². The average molecular weight is 264 g/mol. The molecule has 1 unspecified atom stereocenters. The minimum absolute atomic E-state index is 0.136. The molecule has 1 aromatic rings. The van der Waals surface area contributed by atoms with Gasteiger partial charge < -0.3 is 10.6 Å². The van der Waals surface area contributed by atoms with E-state index in [2.05, 4.69) is 16.9 Å². The number of anilines is 1. The Morgan fingerprint density at radius 2 is 2.05 bits per heavy atom. The summed E-state index contributed by atoms with van der Waals surface area (Å²) in [5.41, 5.74) is 6.48. The third-order valence-corrected chi connectivity index (χ3v) is 3.24. The number of amides is 1. The van der Waals surface area contributed by atoms with Crippen molar-refractivity contribution < 1.29 is 4.79 Å². The molecule has 0 aliphatic rings. The maximum absolute atomic E-state index is 12.4. The van der Waals surface area contributed by atoms with Gasteiger partial charge in [0.25, 0.3) is 5.91 Å². The monoisotopic (exact) mass is 264 g/mol. The third-order valence-electron chi connectivity index (χ3n) is 3.24. The zero-order valence-corrected chi connectivity index (χ0v) is 12.5. The lowest BCUT2D eigenvalue weighted by atomic mass is 10.1. The fourth-order valence-electron chi connectivity index (χ4n) is 1.83. The summed E-state index contributed by atoms with van der Waals surface area (Å²) in [6.45, 7) is 8.11. The number of aromatic nitrogens is 2. The summed E-state index contributed by atoms with van der Waals surface area (Å²) >= 11 is 0. The average Bonchev–Trinajstić information content (AvgIpc) is 2.37. The molecule has 5 heteroatoms. The lowest BCUT2D eigenvalue weighted by Gasteiger charge is -2.24. The van der Waals surface area contributed by atoms with Crippen LogP contribution in [0.15, 0.2) is 6.20 Å². The molecule has 0 fully saturated rings. The summed E-state index contributed by atoms with van der Waals surface area (Å²) in [7, 11) is 1.79. The van der Waals surface area contributed by atoms with Crippen molar-refractivity contribution in [3.05, 3.63) is 17.7 Å². The van der Waals surface area contributed by atoms with E-state index in [1.807, 2.05) is 20.8 Å². The lowest BCUT2D eigenvalue weighted by Crippen LogP contribution is -2.36. The summed E-state index contributed by atoms with van der Waals surface area (Å²) in [5.74, 6) is 0.683. The van der Waals surface area contributed by atoms with Crippen LogP contribution in [-0.2, 0) is 0 Å². The Bertz CT molecular complexity index is 445. The van der Waals surface area contributed by atoms with Crippen molar-refractivity contribution in [3.63, 3.8) is 0 Å². The van der Waals surface area contributed by atoms with E-state index in [1.54, 1.807) is 11.9 Å². The summed E-state index contributed by atoms with van der Waals surface area (Å²) in [6, 6.07) is 0.175. The van der Waals surface area contributed by atoms with Crippen LogP contribution in [0.25, 0.3) is 0 Å². The molecule has 1 aromatic heterocycles. The first-order chi connectivity index (χ1) is 8.88. The first-order valence-electron chi connectivity index (χ1n) is 6.78. The normalized spacial score (nSPS) is 12.5. The second-order valence-electron chi connectivity index (χ2n) is 5.24. The number of rotatable bonds is 5. The van der Waals surface area contributed by atoms with E-state index < -0.39 is 0 Å². The molecule has 1 amide bonds. The van der Waals surface area contributed by atoms with Crippen molar-refractivity contribution in [1.29, 1.82) is 0 Å². The largest absolute Gasteiger partial charge is 0.396 e. The molecule has 0 saturated carbocycles. The Labute approximate surface area is 115 Å². The molecule has 0 aliphatic carbocycles. The van der Waals surface area contributed by atoms with Crippen molar-refractivity contribution in [2.45, 2.75) is 52.5 Å². The minimum atomic E-state index is -0.136. The van der Waals surface area contributed by atoms with Crippen LogP contribution in [0, 0.1) is 0 Å². The highest BCUT2D eigenvalue weighted by Crippen LogP contribution is 2.16. The summed E-state index contributed by atoms with van der Waals surface area (Å²) in [5, 5.41) is 0. The van der Waals surface area contributed by atoms with E-state index in [4.69, 9.17) is 5.73 Å². The van der Waals surface area contributed by atoms with Gasteiger partial charge in [0.2, 0.25) is 0 Å². The van der Waals surface area contributed by atoms with Crippen LogP contribution in [0.2, 0.25) is 0 Å². The van der Waals surface area contributed by atoms with Gasteiger partial charge in [-0.1, -0.05) is 27.2 Å². The van der Waals surface area contributed by atoms with Gasteiger partial charge in [-0.2, -0.15) is 0 Å². The van der Waals surface area contributed by atoms with Crippen molar-refractivity contribution >= 4 is 11.6 Å². The quantitative estimate of drug-likeness (QED) is 0.886. The Kier molecular flexibility index (Phi) is 5.27. The molecule has 1 rings (SSSR count). The van der Waals surface area contributed by atoms with Gasteiger partial charge in [0.1, 0.15) is 5.82 Å². The highest BCUT2D eigenvalue weighted by molar-refractivity contribution is 5.96. The standard InChI is InChI=1S/C14H24N4O/c1-6-7-10(4)18(5)14(19)12-11(15)8-16-13(17-12)9(2)3/h8-10H,6-7,15H2,1-5H3. The molecule has 0 aliphatic heterocycles. The third kappa shape index (κ3) is 3.66. The maximum atomic E-state index is 12.4. The smallest absolute Gasteiger partial charge is 0.274 e. The fraction of sp³-hybridized carbons (Fsp3) is 0.643. The fourth-order valence-corrected chi connectivity index (χ4v) is 1.83. The van der Waals surface area contributed by atoms with Crippen LogP contribution in [0.5, 0.6) is 0 Å². The molecule has 1 atom stereocenters. The Morgan fingerprint density at radius 1 is 1.42 bits per heavy atom. The SMILES string of the molecule is CCCC(C)N(C)C(=O)c1nc(C(C)C)ncc1N. The van der Waals surface area contributed by atoms with E-state index >= 15 is 0 Å².